The lowest BCUT2D eigenvalue weighted by Crippen LogP contribution is -2.43. The Morgan fingerprint density at radius 1 is 1.05 bits per heavy atom. The van der Waals surface area contributed by atoms with Crippen molar-refractivity contribution in [3.8, 4) is 0 Å². The van der Waals surface area contributed by atoms with Gasteiger partial charge in [-0.1, -0.05) is 43.2 Å². The molecule has 20 heavy (non-hydrogen) atoms. The average molecular weight is 292 g/mol. The van der Waals surface area contributed by atoms with E-state index in [4.69, 9.17) is 11.6 Å². The molecule has 1 aromatic carbocycles. The van der Waals surface area contributed by atoms with Crippen LogP contribution in [0.1, 0.15) is 49.5 Å². The van der Waals surface area contributed by atoms with E-state index < -0.39 is 5.38 Å². The van der Waals surface area contributed by atoms with Crippen LogP contribution in [0.15, 0.2) is 30.3 Å². The molecule has 1 saturated heterocycles. The Morgan fingerprint density at radius 2 is 1.65 bits per heavy atom. The molecule has 1 aliphatic carbocycles. The Kier molecular flexibility index (Phi) is 4.02. The highest BCUT2D eigenvalue weighted by Crippen LogP contribution is 2.46. The van der Waals surface area contributed by atoms with Gasteiger partial charge in [0.15, 0.2) is 0 Å². The van der Waals surface area contributed by atoms with Crippen LogP contribution >= 0.6 is 11.6 Å². The Hall–Kier alpha value is -1.02. The molecule has 1 amide bonds. The number of nitrogens with zero attached hydrogens (tertiary/aromatic N) is 1. The van der Waals surface area contributed by atoms with E-state index in [1.807, 2.05) is 35.2 Å². The first-order valence-corrected chi connectivity index (χ1v) is 8.12. The number of carbonyl (C=O) groups is 1. The maximum atomic E-state index is 12.5. The van der Waals surface area contributed by atoms with Crippen LogP contribution in [0.4, 0.5) is 0 Å². The van der Waals surface area contributed by atoms with Crippen molar-refractivity contribution in [2.45, 2.75) is 43.9 Å². The summed E-state index contributed by atoms with van der Waals surface area (Å²) in [7, 11) is 0. The number of hydrogen-bond acceptors (Lipinski definition) is 1. The summed E-state index contributed by atoms with van der Waals surface area (Å²) in [6.45, 7) is 1.77. The summed E-state index contributed by atoms with van der Waals surface area (Å²) in [5.41, 5.74) is 1.45. The molecule has 1 heterocycles. The summed E-state index contributed by atoms with van der Waals surface area (Å²) in [5.74, 6) is 0.0747. The second-order valence-electron chi connectivity index (χ2n) is 6.31. The smallest absolute Gasteiger partial charge is 0.245 e. The van der Waals surface area contributed by atoms with Gasteiger partial charge in [0.1, 0.15) is 5.38 Å². The summed E-state index contributed by atoms with van der Waals surface area (Å²) in [6.07, 6.45) is 7.79. The zero-order valence-corrected chi connectivity index (χ0v) is 12.6. The number of benzene rings is 1. The molecule has 0 N–H and O–H groups in total. The van der Waals surface area contributed by atoms with Gasteiger partial charge in [0, 0.05) is 13.1 Å². The van der Waals surface area contributed by atoms with Gasteiger partial charge in [-0.15, -0.1) is 11.6 Å². The monoisotopic (exact) mass is 291 g/mol. The number of hydrogen-bond donors (Lipinski definition) is 0. The van der Waals surface area contributed by atoms with Gasteiger partial charge in [-0.2, -0.15) is 0 Å². The lowest BCUT2D eigenvalue weighted by Gasteiger charge is -2.40. The van der Waals surface area contributed by atoms with Crippen LogP contribution in [-0.4, -0.2) is 23.9 Å². The number of rotatable bonds is 2. The van der Waals surface area contributed by atoms with Crippen LogP contribution in [0.25, 0.3) is 0 Å². The maximum Gasteiger partial charge on any atom is 0.245 e. The summed E-state index contributed by atoms with van der Waals surface area (Å²) in [4.78, 5) is 14.5. The summed E-state index contributed by atoms with van der Waals surface area (Å²) >= 11 is 6.35. The van der Waals surface area contributed by atoms with E-state index in [0.29, 0.717) is 5.41 Å². The van der Waals surface area contributed by atoms with Crippen molar-refractivity contribution < 1.29 is 4.79 Å². The van der Waals surface area contributed by atoms with Crippen molar-refractivity contribution in [1.82, 2.24) is 4.90 Å². The summed E-state index contributed by atoms with van der Waals surface area (Å²) in [5, 5.41) is -0.533. The van der Waals surface area contributed by atoms with Crippen LogP contribution < -0.4 is 0 Å². The molecule has 2 fully saturated rings. The Labute approximate surface area is 126 Å². The molecule has 2 nitrogen and oxygen atoms in total. The topological polar surface area (TPSA) is 20.3 Å². The molecule has 108 valence electrons. The molecule has 1 spiro atoms. The Morgan fingerprint density at radius 3 is 2.25 bits per heavy atom. The van der Waals surface area contributed by atoms with Crippen molar-refractivity contribution in [3.05, 3.63) is 35.9 Å². The molecule has 0 radical (unpaired) electrons. The number of likely N-dealkylation sites (tertiary alicyclic amines) is 1. The van der Waals surface area contributed by atoms with Crippen LogP contribution in [0.3, 0.4) is 0 Å². The van der Waals surface area contributed by atoms with E-state index in [1.54, 1.807) is 0 Å². The lowest BCUT2D eigenvalue weighted by atomic mass is 9.77. The Balaban J connectivity index is 1.61. The van der Waals surface area contributed by atoms with Gasteiger partial charge >= 0.3 is 0 Å². The predicted octanol–water partition coefficient (Wildman–Crippen LogP) is 4.15. The van der Waals surface area contributed by atoms with Crippen molar-refractivity contribution in [2.75, 3.05) is 13.1 Å². The second kappa shape index (κ2) is 5.77. The standard InChI is InChI=1S/C17H22ClNO/c18-15(14-6-2-1-3-7-14)16(20)19-12-10-17(11-13-19)8-4-5-9-17/h1-3,6-7,15H,4-5,8-13H2. The maximum absolute atomic E-state index is 12.5. The fourth-order valence-corrected chi connectivity index (χ4v) is 4.03. The van der Waals surface area contributed by atoms with E-state index in [1.165, 1.54) is 25.7 Å². The highest BCUT2D eigenvalue weighted by molar-refractivity contribution is 6.30. The molecule has 0 bridgehead atoms. The molecule has 3 heteroatoms. The van der Waals surface area contributed by atoms with Crippen molar-refractivity contribution in [2.24, 2.45) is 5.41 Å². The lowest BCUT2D eigenvalue weighted by molar-refractivity contribution is -0.133. The van der Waals surface area contributed by atoms with Crippen LogP contribution in [0.2, 0.25) is 0 Å². The fraction of sp³-hybridized carbons (Fsp3) is 0.588. The number of alkyl halides is 1. The van der Waals surface area contributed by atoms with Crippen molar-refractivity contribution >= 4 is 17.5 Å². The molecule has 1 unspecified atom stereocenters. The predicted molar refractivity (Wildman–Crippen MR) is 81.8 cm³/mol. The molecule has 3 rings (SSSR count). The normalized spacial score (nSPS) is 22.9. The van der Waals surface area contributed by atoms with E-state index >= 15 is 0 Å². The molecule has 2 aliphatic rings. The zero-order chi connectivity index (χ0) is 14.0. The van der Waals surface area contributed by atoms with Gasteiger partial charge in [-0.05, 0) is 36.7 Å². The molecule has 1 atom stereocenters. The summed E-state index contributed by atoms with van der Waals surface area (Å²) < 4.78 is 0. The first kappa shape index (κ1) is 13.9. The van der Waals surface area contributed by atoms with Gasteiger partial charge in [-0.3, -0.25) is 4.79 Å². The number of amides is 1. The second-order valence-corrected chi connectivity index (χ2v) is 6.74. The van der Waals surface area contributed by atoms with Crippen LogP contribution in [-0.2, 0) is 4.79 Å². The minimum Gasteiger partial charge on any atom is -0.341 e. The fourth-order valence-electron chi connectivity index (χ4n) is 3.75. The van der Waals surface area contributed by atoms with Gasteiger partial charge in [0.2, 0.25) is 5.91 Å². The quantitative estimate of drug-likeness (QED) is 0.750. The van der Waals surface area contributed by atoms with E-state index in [-0.39, 0.29) is 5.91 Å². The Bertz CT molecular complexity index is 457. The SMILES string of the molecule is O=C(C(Cl)c1ccccc1)N1CCC2(CCCC2)CC1. The van der Waals surface area contributed by atoms with Gasteiger partial charge in [-0.25, -0.2) is 0 Å². The van der Waals surface area contributed by atoms with E-state index in [2.05, 4.69) is 0 Å². The summed E-state index contributed by atoms with van der Waals surface area (Å²) in [6, 6.07) is 9.67. The number of halogens is 1. The highest BCUT2D eigenvalue weighted by atomic mass is 35.5. The minimum absolute atomic E-state index is 0.0747. The third kappa shape index (κ3) is 2.71. The van der Waals surface area contributed by atoms with E-state index in [9.17, 15) is 4.79 Å². The van der Waals surface area contributed by atoms with Gasteiger partial charge in [0.05, 0.1) is 0 Å². The molecular weight excluding hydrogens is 270 g/mol. The third-order valence-corrected chi connectivity index (χ3v) is 5.55. The molecular formula is C17H22ClNO. The van der Waals surface area contributed by atoms with Gasteiger partial charge in [0.25, 0.3) is 0 Å². The van der Waals surface area contributed by atoms with E-state index in [0.717, 1.165) is 31.5 Å². The molecule has 1 aromatic rings. The molecule has 1 aliphatic heterocycles. The van der Waals surface area contributed by atoms with Crippen molar-refractivity contribution in [1.29, 1.82) is 0 Å². The first-order chi connectivity index (χ1) is 9.70. The number of carbonyl (C=O) groups excluding carboxylic acids is 1. The highest BCUT2D eigenvalue weighted by Gasteiger charge is 2.38. The van der Waals surface area contributed by atoms with Crippen LogP contribution in [0, 0.1) is 5.41 Å². The molecule has 0 aromatic heterocycles. The molecule has 1 saturated carbocycles. The third-order valence-electron chi connectivity index (χ3n) is 5.11. The van der Waals surface area contributed by atoms with Gasteiger partial charge < -0.3 is 4.90 Å². The first-order valence-electron chi connectivity index (χ1n) is 7.68. The average Bonchev–Trinajstić information content (AvgIpc) is 2.96. The number of piperidine rings is 1. The largest absolute Gasteiger partial charge is 0.341 e. The zero-order valence-electron chi connectivity index (χ0n) is 11.9. The minimum atomic E-state index is -0.533. The van der Waals surface area contributed by atoms with Crippen LogP contribution in [0.5, 0.6) is 0 Å². The van der Waals surface area contributed by atoms with Crippen molar-refractivity contribution in [3.63, 3.8) is 0 Å².